The minimum absolute atomic E-state index is 0.366. The van der Waals surface area contributed by atoms with Gasteiger partial charge in [0.15, 0.2) is 0 Å². The van der Waals surface area contributed by atoms with Crippen LogP contribution in [0.2, 0.25) is 0 Å². The highest BCUT2D eigenvalue weighted by molar-refractivity contribution is 5.93. The molecule has 0 unspecified atom stereocenters. The number of rotatable bonds is 19. The Bertz CT molecular complexity index is 1940. The molecule has 0 aliphatic heterocycles. The molecule has 0 aliphatic rings. The highest BCUT2D eigenvalue weighted by Gasteiger charge is 2.11. The van der Waals surface area contributed by atoms with E-state index in [0.29, 0.717) is 40.6 Å². The van der Waals surface area contributed by atoms with Gasteiger partial charge in [-0.25, -0.2) is 9.59 Å². The van der Waals surface area contributed by atoms with Crippen molar-refractivity contribution in [3.05, 3.63) is 144 Å². The first-order valence-electron chi connectivity index (χ1n) is 18.5. The van der Waals surface area contributed by atoms with Crippen LogP contribution in [0.25, 0.3) is 0 Å². The number of azo groups is 1. The van der Waals surface area contributed by atoms with Gasteiger partial charge in [-0.15, -0.1) is 0 Å². The van der Waals surface area contributed by atoms with Gasteiger partial charge in [-0.1, -0.05) is 70.6 Å². The number of ether oxygens (including phenoxy) is 3. The van der Waals surface area contributed by atoms with E-state index >= 15 is 0 Å². The molecule has 5 rings (SSSR count). The monoisotopic (exact) mass is 709 g/mol. The summed E-state index contributed by atoms with van der Waals surface area (Å²) < 4.78 is 17.0. The zero-order valence-corrected chi connectivity index (χ0v) is 30.6. The van der Waals surface area contributed by atoms with Crippen molar-refractivity contribution in [1.29, 1.82) is 0 Å². The zero-order chi connectivity index (χ0) is 37.1. The van der Waals surface area contributed by atoms with Gasteiger partial charge >= 0.3 is 11.9 Å². The SMILES string of the molecule is CCCCCCCCOc1ccc(C(=O)Oc2ccc(C=Nc3cccc(C(=O)Oc4ccc(N=Nc5ccc(CCCC)cc5)cc4)c3)cc2)cc1. The summed E-state index contributed by atoms with van der Waals surface area (Å²) in [5.41, 5.74) is 4.92. The summed E-state index contributed by atoms with van der Waals surface area (Å²) in [5.74, 6) is 0.613. The quantitative estimate of drug-likeness (QED) is 0.0279. The molecular formula is C45H47N3O5. The maximum atomic E-state index is 12.9. The molecule has 0 amide bonds. The van der Waals surface area contributed by atoms with E-state index in [1.165, 1.54) is 50.5 Å². The number of unbranched alkanes of at least 4 members (excludes halogenated alkanes) is 6. The van der Waals surface area contributed by atoms with E-state index in [9.17, 15) is 9.59 Å². The largest absolute Gasteiger partial charge is 0.494 e. The Hall–Kier alpha value is -5.89. The molecule has 0 aromatic heterocycles. The zero-order valence-electron chi connectivity index (χ0n) is 30.6. The first kappa shape index (κ1) is 38.3. The fraction of sp³-hybridized carbons (Fsp3) is 0.267. The standard InChI is InChI=1S/C45H47N3O5/c1-3-5-7-8-9-10-31-51-41-27-19-36(20-28-41)44(49)52-42-25-17-35(18-26-42)33-46-40-14-11-13-37(32-40)45(50)53-43-29-23-39(24-30-43)48-47-38-21-15-34(16-22-38)12-6-4-2/h11,13-30,32-33H,3-10,12,31H2,1-2H3. The van der Waals surface area contributed by atoms with E-state index in [-0.39, 0.29) is 0 Å². The third-order valence-corrected chi connectivity index (χ3v) is 8.48. The Morgan fingerprint density at radius 2 is 1.11 bits per heavy atom. The number of carbonyl (C=O) groups excluding carboxylic acids is 2. The van der Waals surface area contributed by atoms with Crippen LogP contribution < -0.4 is 14.2 Å². The highest BCUT2D eigenvalue weighted by atomic mass is 16.5. The van der Waals surface area contributed by atoms with Crippen LogP contribution in [0.15, 0.2) is 137 Å². The Morgan fingerprint density at radius 3 is 1.77 bits per heavy atom. The van der Waals surface area contributed by atoms with Crippen molar-refractivity contribution >= 4 is 35.2 Å². The molecule has 5 aromatic rings. The van der Waals surface area contributed by atoms with Crippen molar-refractivity contribution in [2.75, 3.05) is 6.61 Å². The molecular weight excluding hydrogens is 663 g/mol. The van der Waals surface area contributed by atoms with E-state index in [0.717, 1.165) is 29.8 Å². The molecule has 0 saturated heterocycles. The molecule has 53 heavy (non-hydrogen) atoms. The van der Waals surface area contributed by atoms with Crippen LogP contribution in [0.1, 0.15) is 97.1 Å². The summed E-state index contributed by atoms with van der Waals surface area (Å²) in [4.78, 5) is 30.1. The minimum atomic E-state index is -0.499. The molecule has 0 atom stereocenters. The third-order valence-electron chi connectivity index (χ3n) is 8.48. The van der Waals surface area contributed by atoms with Gasteiger partial charge in [-0.05, 0) is 134 Å². The predicted molar refractivity (Wildman–Crippen MR) is 211 cm³/mol. The molecule has 8 nitrogen and oxygen atoms in total. The summed E-state index contributed by atoms with van der Waals surface area (Å²) in [5, 5.41) is 8.61. The maximum absolute atomic E-state index is 12.9. The molecule has 0 radical (unpaired) electrons. The van der Waals surface area contributed by atoms with Gasteiger partial charge in [-0.3, -0.25) is 4.99 Å². The summed E-state index contributed by atoms with van der Waals surface area (Å²) >= 11 is 0. The number of benzene rings is 5. The summed E-state index contributed by atoms with van der Waals surface area (Å²) in [6.07, 6.45) is 12.3. The van der Waals surface area contributed by atoms with Gasteiger partial charge in [0, 0.05) is 6.21 Å². The number of carbonyl (C=O) groups is 2. The molecule has 272 valence electrons. The van der Waals surface area contributed by atoms with Crippen LogP contribution in [0.4, 0.5) is 17.1 Å². The van der Waals surface area contributed by atoms with Crippen molar-refractivity contribution in [2.24, 2.45) is 15.2 Å². The molecule has 0 fully saturated rings. The molecule has 5 aromatic carbocycles. The number of aryl methyl sites for hydroxylation is 1. The molecule has 0 bridgehead atoms. The first-order chi connectivity index (χ1) is 26.0. The number of nitrogens with zero attached hydrogens (tertiary/aromatic N) is 3. The second-order valence-corrected chi connectivity index (χ2v) is 12.8. The molecule has 0 heterocycles. The Labute approximate surface area is 312 Å². The number of aliphatic imine (C=N–C) groups is 1. The van der Waals surface area contributed by atoms with Crippen molar-refractivity contribution in [3.63, 3.8) is 0 Å². The lowest BCUT2D eigenvalue weighted by molar-refractivity contribution is 0.0725. The van der Waals surface area contributed by atoms with E-state index in [1.807, 2.05) is 12.1 Å². The topological polar surface area (TPSA) is 98.9 Å². The second kappa shape index (κ2) is 20.8. The Kier molecular flexibility index (Phi) is 15.1. The van der Waals surface area contributed by atoms with Gasteiger partial charge in [0.1, 0.15) is 17.2 Å². The molecule has 0 spiro atoms. The van der Waals surface area contributed by atoms with Gasteiger partial charge in [-0.2, -0.15) is 10.2 Å². The Balaban J connectivity index is 1.07. The number of esters is 2. The fourth-order valence-electron chi connectivity index (χ4n) is 5.38. The normalized spacial score (nSPS) is 11.2. The van der Waals surface area contributed by atoms with E-state index in [4.69, 9.17) is 14.2 Å². The predicted octanol–water partition coefficient (Wildman–Crippen LogP) is 12.4. The summed E-state index contributed by atoms with van der Waals surface area (Å²) in [6, 6.07) is 35.9. The lowest BCUT2D eigenvalue weighted by Gasteiger charge is -2.08. The van der Waals surface area contributed by atoms with E-state index in [1.54, 1.807) is 103 Å². The molecule has 0 N–H and O–H groups in total. The van der Waals surface area contributed by atoms with Gasteiger partial charge in [0.05, 0.1) is 34.8 Å². The van der Waals surface area contributed by atoms with Crippen LogP contribution in [-0.4, -0.2) is 24.8 Å². The third kappa shape index (κ3) is 13.0. The Morgan fingerprint density at radius 1 is 0.547 bits per heavy atom. The van der Waals surface area contributed by atoms with Gasteiger partial charge in [0.2, 0.25) is 0 Å². The van der Waals surface area contributed by atoms with E-state index in [2.05, 4.69) is 41.2 Å². The van der Waals surface area contributed by atoms with Crippen LogP contribution >= 0.6 is 0 Å². The van der Waals surface area contributed by atoms with E-state index < -0.39 is 11.9 Å². The molecule has 0 aliphatic carbocycles. The van der Waals surface area contributed by atoms with Crippen LogP contribution in [0.3, 0.4) is 0 Å². The van der Waals surface area contributed by atoms with Gasteiger partial charge in [0.25, 0.3) is 0 Å². The minimum Gasteiger partial charge on any atom is -0.494 e. The average Bonchev–Trinajstić information content (AvgIpc) is 3.20. The first-order valence-corrected chi connectivity index (χ1v) is 18.5. The maximum Gasteiger partial charge on any atom is 0.343 e. The fourth-order valence-corrected chi connectivity index (χ4v) is 5.38. The number of hydrogen-bond donors (Lipinski definition) is 0. The lowest BCUT2D eigenvalue weighted by Crippen LogP contribution is -2.08. The molecule has 8 heteroatoms. The van der Waals surface area contributed by atoms with Crippen LogP contribution in [0, 0.1) is 0 Å². The summed E-state index contributed by atoms with van der Waals surface area (Å²) in [7, 11) is 0. The number of hydrogen-bond acceptors (Lipinski definition) is 8. The second-order valence-electron chi connectivity index (χ2n) is 12.8. The van der Waals surface area contributed by atoms with Crippen LogP contribution in [0.5, 0.6) is 17.2 Å². The van der Waals surface area contributed by atoms with Crippen molar-refractivity contribution < 1.29 is 23.8 Å². The highest BCUT2D eigenvalue weighted by Crippen LogP contribution is 2.24. The van der Waals surface area contributed by atoms with Gasteiger partial charge < -0.3 is 14.2 Å². The molecule has 0 saturated carbocycles. The van der Waals surface area contributed by atoms with Crippen molar-refractivity contribution in [1.82, 2.24) is 0 Å². The smallest absolute Gasteiger partial charge is 0.343 e. The lowest BCUT2D eigenvalue weighted by atomic mass is 10.1. The summed E-state index contributed by atoms with van der Waals surface area (Å²) in [6.45, 7) is 5.07. The van der Waals surface area contributed by atoms with Crippen LogP contribution in [-0.2, 0) is 6.42 Å². The average molecular weight is 710 g/mol. The van der Waals surface area contributed by atoms with Crippen molar-refractivity contribution in [3.8, 4) is 17.2 Å². The van der Waals surface area contributed by atoms with Crippen molar-refractivity contribution in [2.45, 2.75) is 71.6 Å².